The van der Waals surface area contributed by atoms with Crippen LogP contribution in [0.1, 0.15) is 23.2 Å². The molecule has 0 spiro atoms. The number of carbonyl (C=O) groups excluding carboxylic acids is 2. The largest absolute Gasteiger partial charge is 0.349 e. The molecule has 0 radical (unpaired) electrons. The van der Waals surface area contributed by atoms with Gasteiger partial charge in [-0.05, 0) is 35.7 Å². The van der Waals surface area contributed by atoms with E-state index in [2.05, 4.69) is 10.6 Å². The number of halogens is 1. The molecule has 4 rings (SSSR count). The lowest BCUT2D eigenvalue weighted by molar-refractivity contribution is -0.897. The van der Waals surface area contributed by atoms with Gasteiger partial charge >= 0.3 is 0 Å². The summed E-state index contributed by atoms with van der Waals surface area (Å²) in [6.45, 7) is 2.04. The molecule has 0 bridgehead atoms. The molecule has 3 aromatic carbocycles. The molecule has 0 unspecified atom stereocenters. The van der Waals surface area contributed by atoms with E-state index in [1.165, 1.54) is 29.2 Å². The quantitative estimate of drug-likeness (QED) is 0.609. The van der Waals surface area contributed by atoms with Crippen molar-refractivity contribution in [3.8, 4) is 0 Å². The number of quaternary nitrogens is 1. The third-order valence-corrected chi connectivity index (χ3v) is 5.61. The molecule has 2 amide bonds. The fourth-order valence-electron chi connectivity index (χ4n) is 3.97. The van der Waals surface area contributed by atoms with Gasteiger partial charge in [-0.25, -0.2) is 4.39 Å². The van der Waals surface area contributed by atoms with Gasteiger partial charge in [-0.2, -0.15) is 0 Å². The second-order valence-electron chi connectivity index (χ2n) is 7.76. The standard InChI is InChI=1S/C24H24FN3O2/c25-19-10-8-18(9-11-19)24(30)26-20-12-14-28(15-13-20)16-23(29)27-22-7-3-5-17-4-1-2-6-21(17)22/h1-11,20H,12-16H2,(H,26,30)(H,27,29)/p+1. The third kappa shape index (κ3) is 4.83. The van der Waals surface area contributed by atoms with E-state index in [0.717, 1.165) is 42.4 Å². The molecule has 0 saturated carbocycles. The molecule has 5 nitrogen and oxygen atoms in total. The van der Waals surface area contributed by atoms with E-state index in [1.54, 1.807) is 0 Å². The van der Waals surface area contributed by atoms with Gasteiger partial charge in [0, 0.05) is 35.5 Å². The van der Waals surface area contributed by atoms with Crippen LogP contribution in [0, 0.1) is 5.82 Å². The molecule has 0 atom stereocenters. The summed E-state index contributed by atoms with van der Waals surface area (Å²) in [7, 11) is 0. The fraction of sp³-hybridized carbons (Fsp3) is 0.250. The van der Waals surface area contributed by atoms with Crippen molar-refractivity contribution < 1.29 is 18.9 Å². The number of benzene rings is 3. The van der Waals surface area contributed by atoms with Crippen LogP contribution in [0.4, 0.5) is 10.1 Å². The number of rotatable bonds is 5. The number of piperidine rings is 1. The number of likely N-dealkylation sites (tertiary alicyclic amines) is 1. The van der Waals surface area contributed by atoms with Crippen molar-refractivity contribution >= 4 is 28.3 Å². The second-order valence-corrected chi connectivity index (χ2v) is 7.76. The lowest BCUT2D eigenvalue weighted by Crippen LogP contribution is -3.14. The number of amides is 2. The van der Waals surface area contributed by atoms with Crippen molar-refractivity contribution in [2.24, 2.45) is 0 Å². The van der Waals surface area contributed by atoms with Gasteiger partial charge in [0.2, 0.25) is 0 Å². The summed E-state index contributed by atoms with van der Waals surface area (Å²) in [5.41, 5.74) is 1.29. The topological polar surface area (TPSA) is 62.6 Å². The summed E-state index contributed by atoms with van der Waals surface area (Å²) in [5.74, 6) is -0.544. The minimum atomic E-state index is -0.356. The van der Waals surface area contributed by atoms with Gasteiger partial charge in [0.15, 0.2) is 6.54 Å². The van der Waals surface area contributed by atoms with Crippen molar-refractivity contribution in [1.82, 2.24) is 5.32 Å². The molecule has 0 aromatic heterocycles. The van der Waals surface area contributed by atoms with Crippen molar-refractivity contribution in [1.29, 1.82) is 0 Å². The molecular formula is C24H25FN3O2+. The van der Waals surface area contributed by atoms with E-state index < -0.39 is 0 Å². The number of carbonyl (C=O) groups is 2. The summed E-state index contributed by atoms with van der Waals surface area (Å²) in [6.07, 6.45) is 1.62. The van der Waals surface area contributed by atoms with Gasteiger partial charge in [0.25, 0.3) is 11.8 Å². The van der Waals surface area contributed by atoms with Gasteiger partial charge < -0.3 is 15.5 Å². The summed E-state index contributed by atoms with van der Waals surface area (Å²) in [4.78, 5) is 26.1. The summed E-state index contributed by atoms with van der Waals surface area (Å²) >= 11 is 0. The molecule has 154 valence electrons. The van der Waals surface area contributed by atoms with Crippen molar-refractivity contribution in [3.05, 3.63) is 78.1 Å². The van der Waals surface area contributed by atoms with Crippen LogP contribution in [0.3, 0.4) is 0 Å². The Morgan fingerprint density at radius 3 is 2.40 bits per heavy atom. The van der Waals surface area contributed by atoms with Crippen LogP contribution in [0.15, 0.2) is 66.7 Å². The van der Waals surface area contributed by atoms with Gasteiger partial charge in [0.05, 0.1) is 13.1 Å². The highest BCUT2D eigenvalue weighted by Crippen LogP contribution is 2.22. The normalized spacial score (nSPS) is 18.7. The van der Waals surface area contributed by atoms with E-state index in [4.69, 9.17) is 0 Å². The Balaban J connectivity index is 1.26. The Hall–Kier alpha value is -3.25. The van der Waals surface area contributed by atoms with Crippen molar-refractivity contribution in [2.45, 2.75) is 18.9 Å². The highest BCUT2D eigenvalue weighted by atomic mass is 19.1. The molecular weight excluding hydrogens is 381 g/mol. The molecule has 0 aliphatic carbocycles. The molecule has 3 aromatic rings. The van der Waals surface area contributed by atoms with E-state index in [9.17, 15) is 14.0 Å². The Bertz CT molecular complexity index is 1040. The van der Waals surface area contributed by atoms with Gasteiger partial charge in [-0.1, -0.05) is 36.4 Å². The fourth-order valence-corrected chi connectivity index (χ4v) is 3.97. The van der Waals surface area contributed by atoms with Crippen LogP contribution < -0.4 is 15.5 Å². The maximum Gasteiger partial charge on any atom is 0.279 e. The summed E-state index contributed by atoms with van der Waals surface area (Å²) < 4.78 is 13.0. The maximum atomic E-state index is 13.0. The monoisotopic (exact) mass is 406 g/mol. The molecule has 6 heteroatoms. The maximum absolute atomic E-state index is 13.0. The van der Waals surface area contributed by atoms with Gasteiger partial charge in [-0.15, -0.1) is 0 Å². The Kier molecular flexibility index (Phi) is 6.05. The van der Waals surface area contributed by atoms with Crippen molar-refractivity contribution in [3.63, 3.8) is 0 Å². The third-order valence-electron chi connectivity index (χ3n) is 5.61. The molecule has 1 heterocycles. The second kappa shape index (κ2) is 9.05. The first-order valence-corrected chi connectivity index (χ1v) is 10.3. The van der Waals surface area contributed by atoms with Crippen LogP contribution in [0.25, 0.3) is 10.8 Å². The summed E-state index contributed by atoms with van der Waals surface area (Å²) in [5, 5.41) is 8.19. The predicted molar refractivity (Wildman–Crippen MR) is 115 cm³/mol. The predicted octanol–water partition coefficient (Wildman–Crippen LogP) is 2.39. The number of nitrogens with one attached hydrogen (secondary N) is 3. The highest BCUT2D eigenvalue weighted by molar-refractivity contribution is 6.02. The number of hydrogen-bond donors (Lipinski definition) is 3. The molecule has 1 aliphatic heterocycles. The molecule has 30 heavy (non-hydrogen) atoms. The zero-order valence-electron chi connectivity index (χ0n) is 16.7. The number of hydrogen-bond acceptors (Lipinski definition) is 2. The Labute approximate surface area is 174 Å². The van der Waals surface area contributed by atoms with Gasteiger partial charge in [0.1, 0.15) is 5.82 Å². The Morgan fingerprint density at radius 1 is 0.933 bits per heavy atom. The zero-order valence-corrected chi connectivity index (χ0v) is 16.7. The first-order chi connectivity index (χ1) is 14.6. The van der Waals surface area contributed by atoms with Gasteiger partial charge in [-0.3, -0.25) is 9.59 Å². The Morgan fingerprint density at radius 2 is 1.63 bits per heavy atom. The van der Waals surface area contributed by atoms with E-state index in [0.29, 0.717) is 12.1 Å². The van der Waals surface area contributed by atoms with Crippen LogP contribution in [0.5, 0.6) is 0 Å². The molecule has 1 aliphatic rings. The average molecular weight is 406 g/mol. The van der Waals surface area contributed by atoms with Crippen LogP contribution in [-0.4, -0.2) is 37.5 Å². The lowest BCUT2D eigenvalue weighted by Gasteiger charge is -2.29. The zero-order chi connectivity index (χ0) is 20.9. The molecule has 3 N–H and O–H groups in total. The SMILES string of the molecule is O=C(C[NH+]1CCC(NC(=O)c2ccc(F)cc2)CC1)Nc1cccc2ccccc12. The molecule has 1 saturated heterocycles. The van der Waals surface area contributed by atoms with E-state index >= 15 is 0 Å². The highest BCUT2D eigenvalue weighted by Gasteiger charge is 2.25. The van der Waals surface area contributed by atoms with E-state index in [1.807, 2.05) is 42.5 Å². The number of anilines is 1. The minimum absolute atomic E-state index is 0.00449. The summed E-state index contributed by atoms with van der Waals surface area (Å²) in [6, 6.07) is 19.5. The lowest BCUT2D eigenvalue weighted by atomic mass is 10.0. The van der Waals surface area contributed by atoms with Crippen LogP contribution in [-0.2, 0) is 4.79 Å². The molecule has 1 fully saturated rings. The van der Waals surface area contributed by atoms with Crippen LogP contribution >= 0.6 is 0 Å². The minimum Gasteiger partial charge on any atom is -0.349 e. The van der Waals surface area contributed by atoms with E-state index in [-0.39, 0.29) is 23.7 Å². The van der Waals surface area contributed by atoms with Crippen LogP contribution in [0.2, 0.25) is 0 Å². The first-order valence-electron chi connectivity index (χ1n) is 10.3. The first kappa shape index (κ1) is 20.0. The van der Waals surface area contributed by atoms with Crippen molar-refractivity contribution in [2.75, 3.05) is 25.0 Å². The average Bonchev–Trinajstić information content (AvgIpc) is 2.76. The smallest absolute Gasteiger partial charge is 0.279 e. The number of fused-ring (bicyclic) bond motifs is 1.